The summed E-state index contributed by atoms with van der Waals surface area (Å²) in [7, 11) is 1.78. The lowest BCUT2D eigenvalue weighted by atomic mass is 10.1. The quantitative estimate of drug-likeness (QED) is 0.688. The first-order valence-electron chi connectivity index (χ1n) is 8.14. The van der Waals surface area contributed by atoms with Crippen LogP contribution in [-0.4, -0.2) is 60.7 Å². The van der Waals surface area contributed by atoms with Crippen molar-refractivity contribution in [3.63, 3.8) is 0 Å². The highest BCUT2D eigenvalue weighted by Crippen LogP contribution is 2.13. The second kappa shape index (κ2) is 9.13. The number of rotatable bonds is 8. The molecule has 21 heavy (non-hydrogen) atoms. The molecule has 0 N–H and O–H groups in total. The molecule has 1 fully saturated rings. The van der Waals surface area contributed by atoms with Gasteiger partial charge >= 0.3 is 0 Å². The third kappa shape index (κ3) is 5.73. The van der Waals surface area contributed by atoms with E-state index in [1.165, 1.54) is 37.9 Å². The first-order chi connectivity index (χ1) is 10.3. The molecule has 4 nitrogen and oxygen atoms in total. The average Bonchev–Trinajstić information content (AvgIpc) is 2.50. The molecule has 0 aromatic carbocycles. The summed E-state index contributed by atoms with van der Waals surface area (Å²) in [4.78, 5) is 9.38. The third-order valence-electron chi connectivity index (χ3n) is 4.27. The minimum Gasteiger partial charge on any atom is -0.385 e. The van der Waals surface area contributed by atoms with E-state index in [4.69, 9.17) is 4.74 Å². The van der Waals surface area contributed by atoms with E-state index in [9.17, 15) is 0 Å². The van der Waals surface area contributed by atoms with Crippen LogP contribution >= 0.6 is 0 Å². The molecule has 4 heteroatoms. The largest absolute Gasteiger partial charge is 0.385 e. The van der Waals surface area contributed by atoms with Crippen LogP contribution in [0.25, 0.3) is 0 Å². The van der Waals surface area contributed by atoms with Crippen LogP contribution in [-0.2, 0) is 11.3 Å². The SMILES string of the molecule is COCCCCCN1CCN(Cc2cccnc2)CC1C. The van der Waals surface area contributed by atoms with E-state index < -0.39 is 0 Å². The Kier molecular flexibility index (Phi) is 7.13. The van der Waals surface area contributed by atoms with Gasteiger partial charge in [0.05, 0.1) is 0 Å². The monoisotopic (exact) mass is 291 g/mol. The summed E-state index contributed by atoms with van der Waals surface area (Å²) in [6.07, 6.45) is 7.57. The maximum absolute atomic E-state index is 5.10. The van der Waals surface area contributed by atoms with Gasteiger partial charge in [-0.3, -0.25) is 14.8 Å². The molecule has 1 unspecified atom stereocenters. The van der Waals surface area contributed by atoms with Crippen LogP contribution in [0.5, 0.6) is 0 Å². The van der Waals surface area contributed by atoms with Gasteiger partial charge in [-0.2, -0.15) is 0 Å². The van der Waals surface area contributed by atoms with Gasteiger partial charge in [0.1, 0.15) is 0 Å². The molecule has 0 amide bonds. The van der Waals surface area contributed by atoms with Crippen LogP contribution < -0.4 is 0 Å². The van der Waals surface area contributed by atoms with Crippen molar-refractivity contribution in [2.45, 2.75) is 38.8 Å². The van der Waals surface area contributed by atoms with Crippen molar-refractivity contribution in [1.82, 2.24) is 14.8 Å². The molecule has 0 saturated carbocycles. The van der Waals surface area contributed by atoms with E-state index in [1.54, 1.807) is 7.11 Å². The zero-order valence-electron chi connectivity index (χ0n) is 13.5. The third-order valence-corrected chi connectivity index (χ3v) is 4.27. The number of ether oxygens (including phenoxy) is 1. The average molecular weight is 291 g/mol. The lowest BCUT2D eigenvalue weighted by Crippen LogP contribution is -2.51. The summed E-state index contributed by atoms with van der Waals surface area (Å²) < 4.78 is 5.10. The summed E-state index contributed by atoms with van der Waals surface area (Å²) in [5.41, 5.74) is 1.32. The normalized spacial score (nSPS) is 20.8. The lowest BCUT2D eigenvalue weighted by Gasteiger charge is -2.40. The molecule has 1 aromatic rings. The van der Waals surface area contributed by atoms with Gasteiger partial charge in [-0.15, -0.1) is 0 Å². The zero-order valence-corrected chi connectivity index (χ0v) is 13.5. The number of unbranched alkanes of at least 4 members (excludes halogenated alkanes) is 2. The number of hydrogen-bond acceptors (Lipinski definition) is 4. The molecule has 2 heterocycles. The van der Waals surface area contributed by atoms with Crippen LogP contribution in [0, 0.1) is 0 Å². The van der Waals surface area contributed by atoms with E-state index in [1.807, 2.05) is 18.5 Å². The predicted octanol–water partition coefficient (Wildman–Crippen LogP) is 2.40. The van der Waals surface area contributed by atoms with Gasteiger partial charge in [0.25, 0.3) is 0 Å². The molecule has 2 rings (SSSR count). The van der Waals surface area contributed by atoms with E-state index in [-0.39, 0.29) is 0 Å². The first kappa shape index (κ1) is 16.4. The van der Waals surface area contributed by atoms with E-state index >= 15 is 0 Å². The Morgan fingerprint density at radius 1 is 1.29 bits per heavy atom. The second-order valence-electron chi connectivity index (χ2n) is 6.03. The summed E-state index contributed by atoms with van der Waals surface area (Å²) in [5, 5.41) is 0. The molecule has 0 radical (unpaired) electrons. The molecule has 0 bridgehead atoms. The van der Waals surface area contributed by atoms with Crippen molar-refractivity contribution in [2.24, 2.45) is 0 Å². The molecule has 1 aliphatic rings. The van der Waals surface area contributed by atoms with Gasteiger partial charge in [0.2, 0.25) is 0 Å². The summed E-state index contributed by atoms with van der Waals surface area (Å²) >= 11 is 0. The molecule has 1 saturated heterocycles. The van der Waals surface area contributed by atoms with Crippen LogP contribution in [0.15, 0.2) is 24.5 Å². The van der Waals surface area contributed by atoms with Crippen molar-refractivity contribution in [2.75, 3.05) is 39.9 Å². The van der Waals surface area contributed by atoms with E-state index in [0.717, 1.165) is 26.2 Å². The molecular formula is C17H29N3O. The van der Waals surface area contributed by atoms with E-state index in [0.29, 0.717) is 6.04 Å². The Balaban J connectivity index is 1.67. The highest BCUT2D eigenvalue weighted by Gasteiger charge is 2.22. The van der Waals surface area contributed by atoms with Gasteiger partial charge in [-0.25, -0.2) is 0 Å². The van der Waals surface area contributed by atoms with Gasteiger partial charge in [-0.05, 0) is 44.4 Å². The Labute approximate surface area is 129 Å². The molecule has 0 spiro atoms. The molecule has 1 aliphatic heterocycles. The molecule has 1 aromatic heterocycles. The fraction of sp³-hybridized carbons (Fsp3) is 0.706. The summed E-state index contributed by atoms with van der Waals surface area (Å²) in [5.74, 6) is 0. The van der Waals surface area contributed by atoms with Crippen LogP contribution in [0.2, 0.25) is 0 Å². The van der Waals surface area contributed by atoms with Crippen molar-refractivity contribution >= 4 is 0 Å². The number of aromatic nitrogens is 1. The molecule has 0 aliphatic carbocycles. The topological polar surface area (TPSA) is 28.6 Å². The van der Waals surface area contributed by atoms with Gasteiger partial charge in [0.15, 0.2) is 0 Å². The number of hydrogen-bond donors (Lipinski definition) is 0. The number of pyridine rings is 1. The van der Waals surface area contributed by atoms with Crippen molar-refractivity contribution in [3.8, 4) is 0 Å². The minimum atomic E-state index is 0.651. The van der Waals surface area contributed by atoms with Crippen molar-refractivity contribution < 1.29 is 4.74 Å². The lowest BCUT2D eigenvalue weighted by molar-refractivity contribution is 0.0768. The standard InChI is InChI=1S/C17H29N3O/c1-16-14-19(15-17-7-6-8-18-13-17)10-11-20(16)9-4-3-5-12-21-2/h6-8,13,16H,3-5,9-12,14-15H2,1-2H3. The second-order valence-corrected chi connectivity index (χ2v) is 6.03. The van der Waals surface area contributed by atoms with Crippen LogP contribution in [0.4, 0.5) is 0 Å². The maximum atomic E-state index is 5.10. The fourth-order valence-electron chi connectivity index (χ4n) is 3.03. The molecule has 118 valence electrons. The Morgan fingerprint density at radius 2 is 2.19 bits per heavy atom. The zero-order chi connectivity index (χ0) is 14.9. The van der Waals surface area contributed by atoms with Crippen molar-refractivity contribution in [1.29, 1.82) is 0 Å². The van der Waals surface area contributed by atoms with Gasteiger partial charge in [0, 0.05) is 58.3 Å². The Hall–Kier alpha value is -0.970. The van der Waals surface area contributed by atoms with E-state index in [2.05, 4.69) is 27.8 Å². The number of piperazine rings is 1. The van der Waals surface area contributed by atoms with Crippen LogP contribution in [0.3, 0.4) is 0 Å². The highest BCUT2D eigenvalue weighted by molar-refractivity contribution is 5.08. The summed E-state index contributed by atoms with van der Waals surface area (Å²) in [6.45, 7) is 9.01. The van der Waals surface area contributed by atoms with Crippen molar-refractivity contribution in [3.05, 3.63) is 30.1 Å². The fourth-order valence-corrected chi connectivity index (χ4v) is 3.03. The molecular weight excluding hydrogens is 262 g/mol. The van der Waals surface area contributed by atoms with Gasteiger partial charge < -0.3 is 4.74 Å². The number of nitrogens with zero attached hydrogens (tertiary/aromatic N) is 3. The van der Waals surface area contributed by atoms with Gasteiger partial charge in [-0.1, -0.05) is 6.07 Å². The maximum Gasteiger partial charge on any atom is 0.0462 e. The Bertz CT molecular complexity index is 385. The van der Waals surface area contributed by atoms with Crippen LogP contribution in [0.1, 0.15) is 31.7 Å². The number of methoxy groups -OCH3 is 1. The minimum absolute atomic E-state index is 0.651. The Morgan fingerprint density at radius 3 is 2.90 bits per heavy atom. The summed E-state index contributed by atoms with van der Waals surface area (Å²) in [6, 6.07) is 4.84. The highest BCUT2D eigenvalue weighted by atomic mass is 16.5. The predicted molar refractivity (Wildman–Crippen MR) is 86.3 cm³/mol. The smallest absolute Gasteiger partial charge is 0.0462 e. The molecule has 1 atom stereocenters. The first-order valence-corrected chi connectivity index (χ1v) is 8.14.